The highest BCUT2D eigenvalue weighted by molar-refractivity contribution is 6.32. The molecule has 1 aromatic heterocycles. The molecule has 1 saturated heterocycles. The van der Waals surface area contributed by atoms with Crippen molar-refractivity contribution in [2.45, 2.75) is 6.54 Å². The van der Waals surface area contributed by atoms with Crippen LogP contribution in [0.25, 0.3) is 10.8 Å². The number of carbonyl (C=O) groups is 1. The van der Waals surface area contributed by atoms with E-state index in [9.17, 15) is 4.79 Å². The van der Waals surface area contributed by atoms with Crippen LogP contribution in [0, 0.1) is 0 Å². The number of fused-ring (bicyclic) bond motifs is 1. The molecule has 2 heterocycles. The van der Waals surface area contributed by atoms with Crippen molar-refractivity contribution in [3.63, 3.8) is 0 Å². The Balaban J connectivity index is 1.37. The highest BCUT2D eigenvalue weighted by Crippen LogP contribution is 2.28. The Hall–Kier alpha value is -3.98. The molecule has 9 heteroatoms. The van der Waals surface area contributed by atoms with Crippen molar-refractivity contribution in [1.82, 2.24) is 19.8 Å². The van der Waals surface area contributed by atoms with Gasteiger partial charge in [0.1, 0.15) is 5.02 Å². The average Bonchev–Trinajstić information content (AvgIpc) is 2.91. The quantitative estimate of drug-likeness (QED) is 0.256. The van der Waals surface area contributed by atoms with Crippen LogP contribution in [0.3, 0.4) is 0 Å². The van der Waals surface area contributed by atoms with Gasteiger partial charge in [-0.05, 0) is 59.8 Å². The van der Waals surface area contributed by atoms with Crippen molar-refractivity contribution in [1.29, 1.82) is 0 Å². The molecule has 3 N–H and O–H groups in total. The van der Waals surface area contributed by atoms with E-state index in [-0.39, 0.29) is 5.91 Å². The van der Waals surface area contributed by atoms with E-state index in [0.717, 1.165) is 60.4 Å². The molecule has 0 spiro atoms. The SMILES string of the molecule is C=CC(=O)Nc1cc(CN2CCN(C)CC2)cc(Nc2ncc(Cl)c(Nc3ccc4ccccc4c3)n2)c1. The first-order valence-corrected chi connectivity index (χ1v) is 12.9. The second kappa shape index (κ2) is 11.6. The number of nitrogens with zero attached hydrogens (tertiary/aromatic N) is 4. The lowest BCUT2D eigenvalue weighted by atomic mass is 10.1. The van der Waals surface area contributed by atoms with Crippen molar-refractivity contribution in [3.8, 4) is 0 Å². The number of piperazine rings is 1. The summed E-state index contributed by atoms with van der Waals surface area (Å²) < 4.78 is 0. The van der Waals surface area contributed by atoms with E-state index >= 15 is 0 Å². The van der Waals surface area contributed by atoms with Crippen LogP contribution in [-0.2, 0) is 11.3 Å². The third-order valence-corrected chi connectivity index (χ3v) is 6.74. The number of carbonyl (C=O) groups excluding carboxylic acids is 1. The van der Waals surface area contributed by atoms with Crippen LogP contribution < -0.4 is 16.0 Å². The van der Waals surface area contributed by atoms with Crippen molar-refractivity contribution >= 4 is 57.1 Å². The van der Waals surface area contributed by atoms with Crippen molar-refractivity contribution in [2.24, 2.45) is 0 Å². The van der Waals surface area contributed by atoms with Crippen molar-refractivity contribution < 1.29 is 4.79 Å². The van der Waals surface area contributed by atoms with Gasteiger partial charge < -0.3 is 20.9 Å². The van der Waals surface area contributed by atoms with E-state index in [1.807, 2.05) is 30.3 Å². The first kappa shape index (κ1) is 25.7. The summed E-state index contributed by atoms with van der Waals surface area (Å²) in [5.74, 6) is 0.612. The highest BCUT2D eigenvalue weighted by Gasteiger charge is 2.15. The summed E-state index contributed by atoms with van der Waals surface area (Å²) in [6, 6.07) is 20.1. The van der Waals surface area contributed by atoms with Gasteiger partial charge in [0, 0.05) is 49.8 Å². The molecule has 0 bridgehead atoms. The lowest BCUT2D eigenvalue weighted by Crippen LogP contribution is -2.43. The number of nitrogens with one attached hydrogen (secondary N) is 3. The molecule has 1 amide bonds. The minimum absolute atomic E-state index is 0.266. The molecule has 38 heavy (non-hydrogen) atoms. The van der Waals surface area contributed by atoms with Gasteiger partial charge in [-0.1, -0.05) is 48.5 Å². The van der Waals surface area contributed by atoms with Gasteiger partial charge in [-0.2, -0.15) is 4.98 Å². The number of amides is 1. The Bertz CT molecular complexity index is 1470. The van der Waals surface area contributed by atoms with Crippen LogP contribution in [0.1, 0.15) is 5.56 Å². The number of anilines is 5. The van der Waals surface area contributed by atoms with E-state index in [0.29, 0.717) is 22.5 Å². The first-order chi connectivity index (χ1) is 18.4. The van der Waals surface area contributed by atoms with Crippen LogP contribution in [0.2, 0.25) is 5.02 Å². The van der Waals surface area contributed by atoms with Gasteiger partial charge in [0.25, 0.3) is 0 Å². The predicted molar refractivity (Wildman–Crippen MR) is 156 cm³/mol. The lowest BCUT2D eigenvalue weighted by molar-refractivity contribution is -0.111. The van der Waals surface area contributed by atoms with Gasteiger partial charge in [0.05, 0.1) is 6.20 Å². The van der Waals surface area contributed by atoms with Gasteiger partial charge in [0.15, 0.2) is 5.82 Å². The molecule has 0 unspecified atom stereocenters. The van der Waals surface area contributed by atoms with Crippen molar-refractivity contribution in [3.05, 3.63) is 90.1 Å². The standard InChI is InChI=1S/C29H30ClN7O/c1-3-27(38)32-24-14-20(19-37-12-10-36(2)11-13-37)15-25(17-24)34-29-31-18-26(30)28(35-29)33-23-9-8-21-6-4-5-7-22(21)16-23/h3-9,14-18H,1,10-13,19H2,2H3,(H,32,38)(H2,31,33,34,35). The number of aromatic nitrogens is 2. The number of rotatable bonds is 8. The van der Waals surface area contributed by atoms with Gasteiger partial charge in [0.2, 0.25) is 11.9 Å². The minimum Gasteiger partial charge on any atom is -0.339 e. The van der Waals surface area contributed by atoms with E-state index in [1.54, 1.807) is 6.20 Å². The Morgan fingerprint density at radius 3 is 2.53 bits per heavy atom. The largest absolute Gasteiger partial charge is 0.339 e. The highest BCUT2D eigenvalue weighted by atomic mass is 35.5. The third-order valence-electron chi connectivity index (χ3n) is 6.46. The lowest BCUT2D eigenvalue weighted by Gasteiger charge is -2.32. The summed E-state index contributed by atoms with van der Waals surface area (Å²) in [4.78, 5) is 25.7. The molecule has 3 aromatic carbocycles. The normalized spacial score (nSPS) is 14.3. The summed E-state index contributed by atoms with van der Waals surface area (Å²) in [5, 5.41) is 12.1. The second-order valence-electron chi connectivity index (χ2n) is 9.39. The third kappa shape index (κ3) is 6.47. The smallest absolute Gasteiger partial charge is 0.247 e. The minimum atomic E-state index is -0.266. The molecule has 194 valence electrons. The van der Waals surface area contributed by atoms with E-state index in [1.165, 1.54) is 6.08 Å². The van der Waals surface area contributed by atoms with E-state index in [2.05, 4.69) is 79.7 Å². The molecule has 8 nitrogen and oxygen atoms in total. The maximum Gasteiger partial charge on any atom is 0.247 e. The summed E-state index contributed by atoms with van der Waals surface area (Å²) >= 11 is 6.43. The van der Waals surface area contributed by atoms with Crippen LogP contribution in [0.5, 0.6) is 0 Å². The van der Waals surface area contributed by atoms with E-state index < -0.39 is 0 Å². The number of likely N-dealkylation sites (N-methyl/N-ethyl adjacent to an activating group) is 1. The van der Waals surface area contributed by atoms with Crippen LogP contribution in [0.15, 0.2) is 79.5 Å². The molecule has 0 radical (unpaired) electrons. The van der Waals surface area contributed by atoms with Gasteiger partial charge >= 0.3 is 0 Å². The fourth-order valence-electron chi connectivity index (χ4n) is 4.43. The molecule has 1 aliphatic heterocycles. The topological polar surface area (TPSA) is 85.4 Å². The molecule has 1 aliphatic rings. The van der Waals surface area contributed by atoms with Gasteiger partial charge in [-0.3, -0.25) is 9.69 Å². The Labute approximate surface area is 227 Å². The number of benzene rings is 3. The second-order valence-corrected chi connectivity index (χ2v) is 9.80. The zero-order valence-corrected chi connectivity index (χ0v) is 22.0. The van der Waals surface area contributed by atoms with E-state index in [4.69, 9.17) is 11.6 Å². The summed E-state index contributed by atoms with van der Waals surface area (Å²) in [6.45, 7) is 8.38. The zero-order valence-electron chi connectivity index (χ0n) is 21.2. The van der Waals surface area contributed by atoms with Crippen LogP contribution in [0.4, 0.5) is 28.8 Å². The van der Waals surface area contributed by atoms with Gasteiger partial charge in [-0.15, -0.1) is 0 Å². The fraction of sp³-hybridized carbons (Fsp3) is 0.207. The maximum atomic E-state index is 12.0. The van der Waals surface area contributed by atoms with Crippen LogP contribution >= 0.6 is 11.6 Å². The Morgan fingerprint density at radius 2 is 1.74 bits per heavy atom. The summed E-state index contributed by atoms with van der Waals surface area (Å²) in [6.07, 6.45) is 2.82. The number of hydrogen-bond acceptors (Lipinski definition) is 7. The predicted octanol–water partition coefficient (Wildman–Crippen LogP) is 5.64. The number of halogens is 1. The zero-order chi connectivity index (χ0) is 26.5. The monoisotopic (exact) mass is 527 g/mol. The first-order valence-electron chi connectivity index (χ1n) is 12.5. The molecule has 0 saturated carbocycles. The van der Waals surface area contributed by atoms with Gasteiger partial charge in [-0.25, -0.2) is 4.98 Å². The fourth-order valence-corrected chi connectivity index (χ4v) is 4.57. The van der Waals surface area contributed by atoms with Crippen molar-refractivity contribution in [2.75, 3.05) is 49.2 Å². The average molecular weight is 528 g/mol. The Morgan fingerprint density at radius 1 is 0.974 bits per heavy atom. The molecule has 1 fully saturated rings. The van der Waals surface area contributed by atoms with Crippen LogP contribution in [-0.4, -0.2) is 58.9 Å². The molecule has 5 rings (SSSR count). The maximum absolute atomic E-state index is 12.0. The molecule has 0 aliphatic carbocycles. The molecular formula is C29H30ClN7O. The Kier molecular flexibility index (Phi) is 7.83. The molecule has 4 aromatic rings. The molecule has 0 atom stereocenters. The summed E-state index contributed by atoms with van der Waals surface area (Å²) in [5.41, 5.74) is 3.38. The molecular weight excluding hydrogens is 498 g/mol. The summed E-state index contributed by atoms with van der Waals surface area (Å²) in [7, 11) is 2.14. The number of hydrogen-bond donors (Lipinski definition) is 3.